The summed E-state index contributed by atoms with van der Waals surface area (Å²) in [6, 6.07) is 9.55. The fourth-order valence-corrected chi connectivity index (χ4v) is 2.05. The van der Waals surface area contributed by atoms with Crippen LogP contribution in [0.1, 0.15) is 12.0 Å². The van der Waals surface area contributed by atoms with Gasteiger partial charge in [0.2, 0.25) is 0 Å². The van der Waals surface area contributed by atoms with Crippen molar-refractivity contribution in [3.8, 4) is 0 Å². The molecule has 0 saturated carbocycles. The van der Waals surface area contributed by atoms with Crippen molar-refractivity contribution < 1.29 is 9.53 Å². The predicted molar refractivity (Wildman–Crippen MR) is 71.5 cm³/mol. The van der Waals surface area contributed by atoms with Crippen molar-refractivity contribution in [2.45, 2.75) is 13.0 Å². The lowest BCUT2D eigenvalue weighted by Gasteiger charge is -2.25. The number of nitrogens with zero attached hydrogens (tertiary/aromatic N) is 1. The lowest BCUT2D eigenvalue weighted by Crippen LogP contribution is -2.36. The van der Waals surface area contributed by atoms with E-state index in [9.17, 15) is 4.79 Å². The highest BCUT2D eigenvalue weighted by Crippen LogP contribution is 2.24. The quantitative estimate of drug-likeness (QED) is 0.829. The molecule has 1 heterocycles. The maximum absolute atomic E-state index is 11.8. The molecule has 1 aromatic rings. The molecule has 1 aromatic carbocycles. The molecule has 0 atom stereocenters. The first-order chi connectivity index (χ1) is 8.66. The van der Waals surface area contributed by atoms with Gasteiger partial charge in [-0.2, -0.15) is 0 Å². The molecule has 0 spiro atoms. The van der Waals surface area contributed by atoms with Gasteiger partial charge < -0.3 is 9.64 Å². The minimum Gasteiger partial charge on any atom is -0.445 e. The molecule has 5 heteroatoms. The zero-order valence-corrected chi connectivity index (χ0v) is 11.2. The van der Waals surface area contributed by atoms with Crippen LogP contribution in [0.15, 0.2) is 40.4 Å². The van der Waals surface area contributed by atoms with Gasteiger partial charge >= 0.3 is 6.09 Å². The van der Waals surface area contributed by atoms with Crippen LogP contribution in [0.5, 0.6) is 0 Å². The number of rotatable bonds is 2. The Morgan fingerprint density at radius 1 is 1.22 bits per heavy atom. The maximum atomic E-state index is 11.8. The van der Waals surface area contributed by atoms with E-state index in [-0.39, 0.29) is 12.7 Å². The molecule has 2 rings (SSSR count). The van der Waals surface area contributed by atoms with Gasteiger partial charge in [0.1, 0.15) is 6.61 Å². The topological polar surface area (TPSA) is 29.5 Å². The average Bonchev–Trinajstić information content (AvgIpc) is 2.40. The molecule has 1 amide bonds. The van der Waals surface area contributed by atoms with Crippen LogP contribution in [-0.4, -0.2) is 24.1 Å². The van der Waals surface area contributed by atoms with Gasteiger partial charge in [-0.25, -0.2) is 4.79 Å². The highest BCUT2D eigenvalue weighted by atomic mass is 35.5. The summed E-state index contributed by atoms with van der Waals surface area (Å²) in [5, 5.41) is 1.14. The van der Waals surface area contributed by atoms with E-state index in [1.807, 2.05) is 30.3 Å². The Morgan fingerprint density at radius 3 is 2.61 bits per heavy atom. The summed E-state index contributed by atoms with van der Waals surface area (Å²) in [6.45, 7) is 1.14. The molecule has 0 N–H and O–H groups in total. The lowest BCUT2D eigenvalue weighted by molar-refractivity contribution is 0.0988. The van der Waals surface area contributed by atoms with E-state index >= 15 is 0 Å². The van der Waals surface area contributed by atoms with E-state index in [2.05, 4.69) is 0 Å². The number of carbonyl (C=O) groups excluding carboxylic acids is 1. The lowest BCUT2D eigenvalue weighted by atomic mass is 10.2. The van der Waals surface area contributed by atoms with Crippen LogP contribution >= 0.6 is 23.2 Å². The highest BCUT2D eigenvalue weighted by Gasteiger charge is 2.22. The molecule has 3 nitrogen and oxygen atoms in total. The molecule has 0 radical (unpaired) electrons. The van der Waals surface area contributed by atoms with Crippen LogP contribution in [0.2, 0.25) is 0 Å². The third-order valence-corrected chi connectivity index (χ3v) is 3.55. The summed E-state index contributed by atoms with van der Waals surface area (Å²) in [5.74, 6) is 0. The Labute approximate surface area is 116 Å². The average molecular weight is 286 g/mol. The second-order valence-corrected chi connectivity index (χ2v) is 4.93. The first-order valence-electron chi connectivity index (χ1n) is 5.65. The van der Waals surface area contributed by atoms with Gasteiger partial charge in [0.15, 0.2) is 0 Å². The van der Waals surface area contributed by atoms with Crippen molar-refractivity contribution in [1.29, 1.82) is 0 Å². The minimum atomic E-state index is -0.360. The fourth-order valence-electron chi connectivity index (χ4n) is 1.67. The molecule has 1 aliphatic heterocycles. The van der Waals surface area contributed by atoms with Gasteiger partial charge in [-0.1, -0.05) is 53.5 Å². The normalized spacial score (nSPS) is 15.8. The molecule has 0 fully saturated rings. The standard InChI is InChI=1S/C13H13Cl2NO2/c14-11-6-7-16(8-12(11)15)13(17)18-9-10-4-2-1-3-5-10/h1-5H,6-9H2. The third-order valence-electron chi connectivity index (χ3n) is 2.69. The van der Waals surface area contributed by atoms with Crippen molar-refractivity contribution in [3.05, 3.63) is 46.0 Å². The van der Waals surface area contributed by atoms with E-state index < -0.39 is 0 Å². The van der Waals surface area contributed by atoms with Crippen LogP contribution in [0.25, 0.3) is 0 Å². The Morgan fingerprint density at radius 2 is 1.94 bits per heavy atom. The van der Waals surface area contributed by atoms with Gasteiger partial charge in [0.05, 0.1) is 11.6 Å². The number of hydrogen-bond donors (Lipinski definition) is 0. The molecule has 0 bridgehead atoms. The van der Waals surface area contributed by atoms with E-state index in [4.69, 9.17) is 27.9 Å². The summed E-state index contributed by atoms with van der Waals surface area (Å²) in [4.78, 5) is 13.4. The van der Waals surface area contributed by atoms with Crippen LogP contribution in [0, 0.1) is 0 Å². The predicted octanol–water partition coefficient (Wildman–Crippen LogP) is 3.72. The van der Waals surface area contributed by atoms with Crippen molar-refractivity contribution in [3.63, 3.8) is 0 Å². The molecule has 1 aliphatic rings. The van der Waals surface area contributed by atoms with Crippen LogP contribution in [0.4, 0.5) is 4.79 Å². The SMILES string of the molecule is O=C(OCc1ccccc1)N1CCC(Cl)=C(Cl)C1. The first kappa shape index (κ1) is 13.2. The fraction of sp³-hybridized carbons (Fsp3) is 0.308. The van der Waals surface area contributed by atoms with E-state index in [1.54, 1.807) is 4.90 Å². The second kappa shape index (κ2) is 6.12. The van der Waals surface area contributed by atoms with Crippen molar-refractivity contribution in [1.82, 2.24) is 4.90 Å². The first-order valence-corrected chi connectivity index (χ1v) is 6.41. The molecule has 0 aliphatic carbocycles. The minimum absolute atomic E-state index is 0.269. The number of carbonyl (C=O) groups is 1. The van der Waals surface area contributed by atoms with Gasteiger partial charge in [-0.3, -0.25) is 0 Å². The van der Waals surface area contributed by atoms with Gasteiger partial charge in [-0.05, 0) is 5.56 Å². The van der Waals surface area contributed by atoms with Gasteiger partial charge in [0, 0.05) is 18.0 Å². The summed E-state index contributed by atoms with van der Waals surface area (Å²) in [5.41, 5.74) is 0.961. The van der Waals surface area contributed by atoms with Crippen LogP contribution in [0.3, 0.4) is 0 Å². The molecular weight excluding hydrogens is 273 g/mol. The number of amides is 1. The second-order valence-electron chi connectivity index (χ2n) is 4.02. The van der Waals surface area contributed by atoms with Gasteiger partial charge in [0.25, 0.3) is 0 Å². The van der Waals surface area contributed by atoms with E-state index in [0.29, 0.717) is 29.6 Å². The zero-order chi connectivity index (χ0) is 13.0. The third kappa shape index (κ3) is 3.40. The summed E-state index contributed by atoms with van der Waals surface area (Å²) < 4.78 is 5.21. The molecule has 0 unspecified atom stereocenters. The summed E-state index contributed by atoms with van der Waals surface area (Å²) in [6.07, 6.45) is 0.224. The molecule has 96 valence electrons. The van der Waals surface area contributed by atoms with Gasteiger partial charge in [-0.15, -0.1) is 0 Å². The Kier molecular flexibility index (Phi) is 4.50. The van der Waals surface area contributed by atoms with E-state index in [0.717, 1.165) is 5.56 Å². The summed E-state index contributed by atoms with van der Waals surface area (Å²) in [7, 11) is 0. The van der Waals surface area contributed by atoms with E-state index in [1.165, 1.54) is 0 Å². The largest absolute Gasteiger partial charge is 0.445 e. The number of ether oxygens (including phenoxy) is 1. The number of hydrogen-bond acceptors (Lipinski definition) is 2. The Hall–Kier alpha value is -1.19. The molecule has 0 aromatic heterocycles. The molecule has 18 heavy (non-hydrogen) atoms. The van der Waals surface area contributed by atoms with Crippen LogP contribution in [-0.2, 0) is 11.3 Å². The number of halogens is 2. The Balaban J connectivity index is 1.86. The zero-order valence-electron chi connectivity index (χ0n) is 9.73. The monoisotopic (exact) mass is 285 g/mol. The smallest absolute Gasteiger partial charge is 0.410 e. The number of benzene rings is 1. The van der Waals surface area contributed by atoms with Crippen LogP contribution < -0.4 is 0 Å². The highest BCUT2D eigenvalue weighted by molar-refractivity contribution is 6.39. The van der Waals surface area contributed by atoms with Crippen molar-refractivity contribution in [2.75, 3.05) is 13.1 Å². The van der Waals surface area contributed by atoms with Crippen molar-refractivity contribution >= 4 is 29.3 Å². The summed E-state index contributed by atoms with van der Waals surface area (Å²) >= 11 is 11.8. The maximum Gasteiger partial charge on any atom is 0.410 e. The molecule has 0 saturated heterocycles. The Bertz CT molecular complexity index is 459. The van der Waals surface area contributed by atoms with Crippen molar-refractivity contribution in [2.24, 2.45) is 0 Å². The molecular formula is C13H13Cl2NO2.